The Morgan fingerprint density at radius 2 is 1.85 bits per heavy atom. The Bertz CT molecular complexity index is 625. The number of hydrogen-bond donors (Lipinski definition) is 3. The van der Waals surface area contributed by atoms with Crippen molar-refractivity contribution in [1.82, 2.24) is 10.0 Å². The van der Waals surface area contributed by atoms with Gasteiger partial charge in [-0.1, -0.05) is 23.7 Å². The van der Waals surface area contributed by atoms with E-state index in [-0.39, 0.29) is 0 Å². The summed E-state index contributed by atoms with van der Waals surface area (Å²) in [5.41, 5.74) is 0.575. The first-order valence-corrected chi connectivity index (χ1v) is 7.17. The number of nitrogens with one attached hydrogen (secondary N) is 2. The number of carbonyl (C=O) groups is 2. The molecular weight excluding hydrogens is 308 g/mol. The Morgan fingerprint density at radius 1 is 1.25 bits per heavy atom. The molecule has 0 fully saturated rings. The van der Waals surface area contributed by atoms with E-state index in [1.165, 1.54) is 6.08 Å². The van der Waals surface area contributed by atoms with Gasteiger partial charge in [0.25, 0.3) is 10.0 Å². The molecule has 0 saturated heterocycles. The van der Waals surface area contributed by atoms with Gasteiger partial charge in [0.2, 0.25) is 0 Å². The smallest absolute Gasteiger partial charge is 0.329 e. The molecule has 0 aliphatic carbocycles. The Kier molecular flexibility index (Phi) is 5.53. The van der Waals surface area contributed by atoms with Crippen molar-refractivity contribution in [1.29, 1.82) is 0 Å². The fourth-order valence-corrected chi connectivity index (χ4v) is 1.96. The zero-order valence-electron chi connectivity index (χ0n) is 10.0. The second kappa shape index (κ2) is 6.92. The van der Waals surface area contributed by atoms with Gasteiger partial charge in [-0.2, -0.15) is 0 Å². The molecule has 108 valence electrons. The number of carboxylic acids is 1. The molecule has 20 heavy (non-hydrogen) atoms. The van der Waals surface area contributed by atoms with Crippen LogP contribution in [0.25, 0.3) is 6.08 Å². The molecular formula is C11H11ClN2O5S. The SMILES string of the molecule is O=C(O)CNC(=O)NS(=O)(=O)/C=C/c1ccc(Cl)cc1. The lowest BCUT2D eigenvalue weighted by Gasteiger charge is -2.03. The van der Waals surface area contributed by atoms with Crippen LogP contribution in [0.4, 0.5) is 4.79 Å². The van der Waals surface area contributed by atoms with Crippen LogP contribution in [0.3, 0.4) is 0 Å². The molecule has 7 nitrogen and oxygen atoms in total. The number of hydrogen-bond acceptors (Lipinski definition) is 4. The van der Waals surface area contributed by atoms with Gasteiger partial charge in [-0.25, -0.2) is 17.9 Å². The summed E-state index contributed by atoms with van der Waals surface area (Å²) in [6.45, 7) is -0.678. The number of urea groups is 1. The molecule has 0 atom stereocenters. The molecule has 0 saturated carbocycles. The number of benzene rings is 1. The van der Waals surface area contributed by atoms with Crippen molar-refractivity contribution in [2.24, 2.45) is 0 Å². The summed E-state index contributed by atoms with van der Waals surface area (Å²) < 4.78 is 24.6. The summed E-state index contributed by atoms with van der Waals surface area (Å²) in [6.07, 6.45) is 1.27. The first kappa shape index (κ1) is 16.0. The Hall–Kier alpha value is -2.06. The van der Waals surface area contributed by atoms with Crippen molar-refractivity contribution in [3.8, 4) is 0 Å². The standard InChI is InChI=1S/C11H11ClN2O5S/c12-9-3-1-8(2-4-9)5-6-20(18,19)14-11(17)13-7-10(15)16/h1-6H,7H2,(H,15,16)(H2,13,14,17)/b6-5+. The van der Waals surface area contributed by atoms with E-state index in [1.54, 1.807) is 29.0 Å². The van der Waals surface area contributed by atoms with Gasteiger partial charge in [-0.3, -0.25) is 4.79 Å². The van der Waals surface area contributed by atoms with Gasteiger partial charge in [0.1, 0.15) is 6.54 Å². The highest BCUT2D eigenvalue weighted by Gasteiger charge is 2.11. The van der Waals surface area contributed by atoms with E-state index in [9.17, 15) is 18.0 Å². The van der Waals surface area contributed by atoms with Crippen LogP contribution in [0.1, 0.15) is 5.56 Å². The van der Waals surface area contributed by atoms with E-state index in [2.05, 4.69) is 0 Å². The second-order valence-electron chi connectivity index (χ2n) is 3.58. The Labute approximate surface area is 120 Å². The second-order valence-corrected chi connectivity index (χ2v) is 5.58. The monoisotopic (exact) mass is 318 g/mol. The average molecular weight is 319 g/mol. The van der Waals surface area contributed by atoms with Gasteiger partial charge in [0.05, 0.1) is 5.41 Å². The molecule has 2 amide bonds. The molecule has 9 heteroatoms. The molecule has 1 aromatic rings. The summed E-state index contributed by atoms with van der Waals surface area (Å²) in [6, 6.07) is 5.24. The van der Waals surface area contributed by atoms with Crippen LogP contribution in [-0.2, 0) is 14.8 Å². The molecule has 3 N–H and O–H groups in total. The van der Waals surface area contributed by atoms with Crippen LogP contribution in [0.15, 0.2) is 29.7 Å². The summed E-state index contributed by atoms with van der Waals surface area (Å²) in [5, 5.41) is 11.5. The lowest BCUT2D eigenvalue weighted by molar-refractivity contribution is -0.135. The van der Waals surface area contributed by atoms with Crippen molar-refractivity contribution in [2.45, 2.75) is 0 Å². The van der Waals surface area contributed by atoms with E-state index >= 15 is 0 Å². The number of carboxylic acid groups (broad SMARTS) is 1. The minimum atomic E-state index is -4.01. The van der Waals surface area contributed by atoms with E-state index in [0.29, 0.717) is 10.6 Å². The topological polar surface area (TPSA) is 113 Å². The maximum atomic E-state index is 11.5. The van der Waals surface area contributed by atoms with Gasteiger partial charge in [0, 0.05) is 5.02 Å². The lowest BCUT2D eigenvalue weighted by Crippen LogP contribution is -2.40. The Morgan fingerprint density at radius 3 is 2.40 bits per heavy atom. The van der Waals surface area contributed by atoms with E-state index in [0.717, 1.165) is 5.41 Å². The number of halogens is 1. The molecule has 0 bridgehead atoms. The molecule has 0 spiro atoms. The molecule has 0 unspecified atom stereocenters. The van der Waals surface area contributed by atoms with Crippen molar-refractivity contribution in [3.05, 3.63) is 40.3 Å². The molecule has 0 heterocycles. The highest BCUT2D eigenvalue weighted by Crippen LogP contribution is 2.10. The minimum Gasteiger partial charge on any atom is -0.480 e. The lowest BCUT2D eigenvalue weighted by atomic mass is 10.2. The van der Waals surface area contributed by atoms with Crippen LogP contribution in [0.2, 0.25) is 5.02 Å². The van der Waals surface area contributed by atoms with Gasteiger partial charge in [-0.05, 0) is 23.8 Å². The highest BCUT2D eigenvalue weighted by atomic mass is 35.5. The third-order valence-electron chi connectivity index (χ3n) is 1.94. The van der Waals surface area contributed by atoms with E-state index in [4.69, 9.17) is 16.7 Å². The third kappa shape index (κ3) is 6.21. The fraction of sp³-hybridized carbons (Fsp3) is 0.0909. The molecule has 0 radical (unpaired) electrons. The van der Waals surface area contributed by atoms with Crippen molar-refractivity contribution in [2.75, 3.05) is 6.54 Å². The van der Waals surface area contributed by atoms with Gasteiger partial charge in [0.15, 0.2) is 0 Å². The summed E-state index contributed by atoms with van der Waals surface area (Å²) in [7, 11) is -4.01. The van der Waals surface area contributed by atoms with Crippen molar-refractivity contribution >= 4 is 39.7 Å². The molecule has 1 aromatic carbocycles. The maximum absolute atomic E-state index is 11.5. The Balaban J connectivity index is 2.63. The quantitative estimate of drug-likeness (QED) is 0.750. The van der Waals surface area contributed by atoms with Gasteiger partial charge < -0.3 is 10.4 Å². The van der Waals surface area contributed by atoms with Crippen LogP contribution >= 0.6 is 11.6 Å². The summed E-state index contributed by atoms with van der Waals surface area (Å²) >= 11 is 5.68. The largest absolute Gasteiger partial charge is 0.480 e. The van der Waals surface area contributed by atoms with Crippen molar-refractivity contribution < 1.29 is 23.1 Å². The van der Waals surface area contributed by atoms with Crippen LogP contribution < -0.4 is 10.0 Å². The fourth-order valence-electron chi connectivity index (χ4n) is 1.10. The predicted molar refractivity (Wildman–Crippen MR) is 73.6 cm³/mol. The first-order chi connectivity index (χ1) is 9.28. The van der Waals surface area contributed by atoms with Crippen LogP contribution in [-0.4, -0.2) is 32.1 Å². The van der Waals surface area contributed by atoms with Crippen LogP contribution in [0.5, 0.6) is 0 Å². The number of aliphatic carboxylic acids is 1. The zero-order valence-corrected chi connectivity index (χ0v) is 11.6. The average Bonchev–Trinajstić information content (AvgIpc) is 2.35. The van der Waals surface area contributed by atoms with E-state index in [1.807, 2.05) is 5.32 Å². The normalized spacial score (nSPS) is 11.2. The number of amides is 2. The molecule has 0 aromatic heterocycles. The third-order valence-corrected chi connectivity index (χ3v) is 3.16. The predicted octanol–water partition coefficient (Wildman–Crippen LogP) is 1.02. The first-order valence-electron chi connectivity index (χ1n) is 5.24. The summed E-state index contributed by atoms with van der Waals surface area (Å²) in [4.78, 5) is 21.3. The van der Waals surface area contributed by atoms with Gasteiger partial charge in [-0.15, -0.1) is 0 Å². The number of rotatable bonds is 5. The number of sulfonamides is 1. The minimum absolute atomic E-state index is 0.510. The maximum Gasteiger partial charge on any atom is 0.329 e. The van der Waals surface area contributed by atoms with Crippen LogP contribution in [0, 0.1) is 0 Å². The zero-order chi connectivity index (χ0) is 15.2. The summed E-state index contributed by atoms with van der Waals surface area (Å²) in [5.74, 6) is -1.28. The van der Waals surface area contributed by atoms with Crippen molar-refractivity contribution in [3.63, 3.8) is 0 Å². The van der Waals surface area contributed by atoms with E-state index < -0.39 is 28.6 Å². The molecule has 0 aliphatic rings. The molecule has 0 aliphatic heterocycles. The molecule has 1 rings (SSSR count). The van der Waals surface area contributed by atoms with Gasteiger partial charge >= 0.3 is 12.0 Å². The highest BCUT2D eigenvalue weighted by molar-refractivity contribution is 7.93. The number of carbonyl (C=O) groups excluding carboxylic acids is 1.